The highest BCUT2D eigenvalue weighted by Crippen LogP contribution is 2.21. The lowest BCUT2D eigenvalue weighted by molar-refractivity contribution is 0.0697. The van der Waals surface area contributed by atoms with Gasteiger partial charge < -0.3 is 14.8 Å². The van der Waals surface area contributed by atoms with E-state index in [2.05, 4.69) is 4.98 Å². The summed E-state index contributed by atoms with van der Waals surface area (Å²) < 4.78 is 1.93. The van der Waals surface area contributed by atoms with Gasteiger partial charge in [0, 0.05) is 18.6 Å². The molecule has 0 fully saturated rings. The molecule has 5 nitrogen and oxygen atoms in total. The molecule has 1 aromatic carbocycles. The fraction of sp³-hybridized carbons (Fsp3) is 0.385. The van der Waals surface area contributed by atoms with E-state index in [1.807, 2.05) is 18.4 Å². The van der Waals surface area contributed by atoms with Crippen LogP contribution in [0.4, 0.5) is 0 Å². The van der Waals surface area contributed by atoms with Crippen LogP contribution in [0, 0.1) is 5.41 Å². The van der Waals surface area contributed by atoms with Crippen LogP contribution in [-0.4, -0.2) is 32.3 Å². The van der Waals surface area contributed by atoms with Crippen LogP contribution in [0.2, 0.25) is 0 Å². The predicted octanol–water partition coefficient (Wildman–Crippen LogP) is 1.75. The lowest BCUT2D eigenvalue weighted by Crippen LogP contribution is -2.23. The number of fused-ring (bicyclic) bond motifs is 1. The Kier molecular flexibility index (Phi) is 3.09. The van der Waals surface area contributed by atoms with E-state index >= 15 is 0 Å². The van der Waals surface area contributed by atoms with Crippen LogP contribution in [0.15, 0.2) is 24.5 Å². The van der Waals surface area contributed by atoms with E-state index < -0.39 is 5.97 Å². The first-order valence-electron chi connectivity index (χ1n) is 5.72. The number of aliphatic hydroxyl groups excluding tert-OH is 1. The summed E-state index contributed by atoms with van der Waals surface area (Å²) in [6.07, 6.45) is 1.67. The number of aromatic nitrogens is 2. The number of carbonyl (C=O) groups is 1. The van der Waals surface area contributed by atoms with Gasteiger partial charge in [0.05, 0.1) is 22.9 Å². The van der Waals surface area contributed by atoms with Crippen molar-refractivity contribution in [2.24, 2.45) is 5.41 Å². The molecule has 2 rings (SSSR count). The number of imidazole rings is 1. The highest BCUT2D eigenvalue weighted by Gasteiger charge is 2.18. The third-order valence-electron chi connectivity index (χ3n) is 2.89. The molecule has 0 aliphatic rings. The van der Waals surface area contributed by atoms with Crippen molar-refractivity contribution in [3.8, 4) is 0 Å². The topological polar surface area (TPSA) is 75.3 Å². The van der Waals surface area contributed by atoms with Crippen LogP contribution in [0.1, 0.15) is 24.2 Å². The van der Waals surface area contributed by atoms with E-state index in [0.29, 0.717) is 12.1 Å². The minimum atomic E-state index is -0.956. The molecule has 2 N–H and O–H groups in total. The average Bonchev–Trinajstić information content (AvgIpc) is 2.71. The summed E-state index contributed by atoms with van der Waals surface area (Å²) >= 11 is 0. The second-order valence-corrected chi connectivity index (χ2v) is 5.20. The van der Waals surface area contributed by atoms with Crippen molar-refractivity contribution in [3.63, 3.8) is 0 Å². The van der Waals surface area contributed by atoms with Crippen molar-refractivity contribution >= 4 is 17.0 Å². The lowest BCUT2D eigenvalue weighted by Gasteiger charge is -2.22. The number of aliphatic hydroxyl groups is 1. The van der Waals surface area contributed by atoms with Gasteiger partial charge in [0.2, 0.25) is 0 Å². The van der Waals surface area contributed by atoms with Crippen molar-refractivity contribution in [2.45, 2.75) is 20.4 Å². The number of rotatable bonds is 4. The summed E-state index contributed by atoms with van der Waals surface area (Å²) in [7, 11) is 0. The van der Waals surface area contributed by atoms with Crippen LogP contribution < -0.4 is 0 Å². The maximum atomic E-state index is 10.9. The van der Waals surface area contributed by atoms with Gasteiger partial charge in [-0.15, -0.1) is 0 Å². The first-order valence-corrected chi connectivity index (χ1v) is 5.72. The van der Waals surface area contributed by atoms with Gasteiger partial charge in [0.1, 0.15) is 0 Å². The summed E-state index contributed by atoms with van der Waals surface area (Å²) in [6.45, 7) is 4.64. The maximum Gasteiger partial charge on any atom is 0.335 e. The molecule has 0 radical (unpaired) electrons. The lowest BCUT2D eigenvalue weighted by atomic mass is 9.95. The van der Waals surface area contributed by atoms with E-state index in [9.17, 15) is 9.90 Å². The van der Waals surface area contributed by atoms with Crippen molar-refractivity contribution in [3.05, 3.63) is 30.1 Å². The Morgan fingerprint density at radius 3 is 2.78 bits per heavy atom. The number of nitrogens with zero attached hydrogens (tertiary/aromatic N) is 2. The fourth-order valence-electron chi connectivity index (χ4n) is 1.83. The number of aromatic carboxylic acids is 1. The molecule has 0 bridgehead atoms. The molecule has 96 valence electrons. The van der Waals surface area contributed by atoms with Crippen molar-refractivity contribution in [1.29, 1.82) is 0 Å². The summed E-state index contributed by atoms with van der Waals surface area (Å²) in [5.41, 5.74) is 1.53. The van der Waals surface area contributed by atoms with Crippen LogP contribution in [0.25, 0.3) is 11.0 Å². The Labute approximate surface area is 105 Å². The summed E-state index contributed by atoms with van der Waals surface area (Å²) in [4.78, 5) is 15.1. The third kappa shape index (κ3) is 2.36. The number of benzene rings is 1. The summed E-state index contributed by atoms with van der Waals surface area (Å²) in [5, 5.41) is 18.2. The summed E-state index contributed by atoms with van der Waals surface area (Å²) in [5.74, 6) is -0.956. The zero-order valence-electron chi connectivity index (χ0n) is 10.4. The first kappa shape index (κ1) is 12.6. The SMILES string of the molecule is CC(C)(CO)Cn1cnc2cc(C(=O)O)ccc21. The average molecular weight is 248 g/mol. The molecule has 18 heavy (non-hydrogen) atoms. The Balaban J connectivity index is 2.40. The Hall–Kier alpha value is -1.88. The monoisotopic (exact) mass is 248 g/mol. The molecule has 0 amide bonds. The minimum absolute atomic E-state index is 0.0832. The summed E-state index contributed by atoms with van der Waals surface area (Å²) in [6, 6.07) is 4.87. The molecular formula is C13H16N2O3. The highest BCUT2D eigenvalue weighted by atomic mass is 16.4. The van der Waals surface area contributed by atoms with Gasteiger partial charge >= 0.3 is 5.97 Å². The molecule has 0 spiro atoms. The van der Waals surface area contributed by atoms with Crippen LogP contribution in [0.3, 0.4) is 0 Å². The number of hydrogen-bond donors (Lipinski definition) is 2. The largest absolute Gasteiger partial charge is 0.478 e. The van der Waals surface area contributed by atoms with Gasteiger partial charge in [0.15, 0.2) is 0 Å². The second-order valence-electron chi connectivity index (χ2n) is 5.20. The van der Waals surface area contributed by atoms with Gasteiger partial charge in [-0.25, -0.2) is 9.78 Å². The quantitative estimate of drug-likeness (QED) is 0.864. The minimum Gasteiger partial charge on any atom is -0.478 e. The second kappa shape index (κ2) is 4.42. The van der Waals surface area contributed by atoms with E-state index in [-0.39, 0.29) is 17.6 Å². The normalized spacial score (nSPS) is 11.9. The zero-order valence-corrected chi connectivity index (χ0v) is 10.4. The Bertz CT molecular complexity index is 587. The van der Waals surface area contributed by atoms with Crippen molar-refractivity contribution < 1.29 is 15.0 Å². The van der Waals surface area contributed by atoms with E-state index in [1.165, 1.54) is 0 Å². The fourth-order valence-corrected chi connectivity index (χ4v) is 1.83. The van der Waals surface area contributed by atoms with Crippen LogP contribution in [0.5, 0.6) is 0 Å². The van der Waals surface area contributed by atoms with E-state index in [4.69, 9.17) is 5.11 Å². The molecular weight excluding hydrogens is 232 g/mol. The number of carboxylic acid groups (broad SMARTS) is 1. The smallest absolute Gasteiger partial charge is 0.335 e. The van der Waals surface area contributed by atoms with E-state index in [1.54, 1.807) is 24.5 Å². The van der Waals surface area contributed by atoms with Crippen LogP contribution >= 0.6 is 0 Å². The number of carboxylic acids is 1. The van der Waals surface area contributed by atoms with Gasteiger partial charge in [-0.1, -0.05) is 13.8 Å². The highest BCUT2D eigenvalue weighted by molar-refractivity contribution is 5.92. The molecule has 5 heteroatoms. The zero-order chi connectivity index (χ0) is 13.3. The molecule has 1 aromatic heterocycles. The van der Waals surface area contributed by atoms with Gasteiger partial charge in [0.25, 0.3) is 0 Å². The molecule has 0 saturated carbocycles. The molecule has 0 saturated heterocycles. The van der Waals surface area contributed by atoms with Crippen molar-refractivity contribution in [1.82, 2.24) is 9.55 Å². The molecule has 0 atom stereocenters. The molecule has 0 aliphatic carbocycles. The standard InChI is InChI=1S/C13H16N2O3/c1-13(2,7-16)6-15-8-14-10-5-9(12(17)18)3-4-11(10)15/h3-5,8,16H,6-7H2,1-2H3,(H,17,18). The Morgan fingerprint density at radius 2 is 2.17 bits per heavy atom. The molecule has 0 aliphatic heterocycles. The molecule has 2 aromatic rings. The third-order valence-corrected chi connectivity index (χ3v) is 2.89. The maximum absolute atomic E-state index is 10.9. The van der Waals surface area contributed by atoms with Crippen LogP contribution in [-0.2, 0) is 6.54 Å². The van der Waals surface area contributed by atoms with Gasteiger partial charge in [-0.2, -0.15) is 0 Å². The first-order chi connectivity index (χ1) is 8.43. The van der Waals surface area contributed by atoms with E-state index in [0.717, 1.165) is 5.52 Å². The van der Waals surface area contributed by atoms with Gasteiger partial charge in [-0.05, 0) is 18.2 Å². The predicted molar refractivity (Wildman–Crippen MR) is 67.6 cm³/mol. The molecule has 1 heterocycles. The van der Waals surface area contributed by atoms with Crippen molar-refractivity contribution in [2.75, 3.05) is 6.61 Å². The number of hydrogen-bond acceptors (Lipinski definition) is 3. The van der Waals surface area contributed by atoms with Gasteiger partial charge in [-0.3, -0.25) is 0 Å². The molecule has 0 unspecified atom stereocenters. The Morgan fingerprint density at radius 1 is 1.44 bits per heavy atom.